The SMILES string of the molecule is CC1(OC(=O)COC(=O)C(O)(C(F)(F)F)C(F)(F)F)CCCC1. The fourth-order valence-corrected chi connectivity index (χ4v) is 2.15. The average molecular weight is 352 g/mol. The predicted molar refractivity (Wildman–Crippen MR) is 61.0 cm³/mol. The molecule has 0 spiro atoms. The van der Waals surface area contributed by atoms with Gasteiger partial charge in [0.1, 0.15) is 5.60 Å². The Bertz CT molecular complexity index is 450. The van der Waals surface area contributed by atoms with Gasteiger partial charge in [-0.1, -0.05) is 0 Å². The number of hydrogen-bond acceptors (Lipinski definition) is 5. The van der Waals surface area contributed by atoms with Crippen LogP contribution in [-0.2, 0) is 19.1 Å². The van der Waals surface area contributed by atoms with Gasteiger partial charge in [-0.05, 0) is 32.6 Å². The van der Waals surface area contributed by atoms with Crippen molar-refractivity contribution in [3.8, 4) is 0 Å². The molecule has 0 bridgehead atoms. The molecule has 134 valence electrons. The molecule has 5 nitrogen and oxygen atoms in total. The van der Waals surface area contributed by atoms with Crippen LogP contribution in [0.2, 0.25) is 0 Å². The van der Waals surface area contributed by atoms with Gasteiger partial charge < -0.3 is 14.6 Å². The molecule has 1 aliphatic carbocycles. The number of halogens is 6. The van der Waals surface area contributed by atoms with Gasteiger partial charge in [0, 0.05) is 0 Å². The Morgan fingerprint density at radius 1 is 1.04 bits per heavy atom. The zero-order chi connectivity index (χ0) is 18.1. The van der Waals surface area contributed by atoms with Crippen molar-refractivity contribution in [1.29, 1.82) is 0 Å². The molecule has 0 aromatic rings. The van der Waals surface area contributed by atoms with Crippen molar-refractivity contribution < 1.29 is 50.5 Å². The second kappa shape index (κ2) is 6.17. The molecule has 0 atom stereocenters. The lowest BCUT2D eigenvalue weighted by Crippen LogP contribution is -2.63. The summed E-state index contributed by atoms with van der Waals surface area (Å²) in [7, 11) is 0. The molecule has 0 aromatic heterocycles. The number of carbonyl (C=O) groups is 2. The van der Waals surface area contributed by atoms with E-state index in [1.165, 1.54) is 0 Å². The molecule has 0 saturated heterocycles. The zero-order valence-corrected chi connectivity index (χ0v) is 11.9. The lowest BCUT2D eigenvalue weighted by Gasteiger charge is -2.30. The van der Waals surface area contributed by atoms with Crippen molar-refractivity contribution in [2.45, 2.75) is 56.2 Å². The van der Waals surface area contributed by atoms with Gasteiger partial charge in [0.25, 0.3) is 0 Å². The summed E-state index contributed by atoms with van der Waals surface area (Å²) < 4.78 is 82.8. The van der Waals surface area contributed by atoms with Crippen LogP contribution >= 0.6 is 0 Å². The Morgan fingerprint density at radius 3 is 1.87 bits per heavy atom. The summed E-state index contributed by atoms with van der Waals surface area (Å²) in [5, 5.41) is 8.72. The van der Waals surface area contributed by atoms with Gasteiger partial charge >= 0.3 is 29.9 Å². The van der Waals surface area contributed by atoms with E-state index in [-0.39, 0.29) is 0 Å². The summed E-state index contributed by atoms with van der Waals surface area (Å²) in [6.07, 6.45) is -10.3. The van der Waals surface area contributed by atoms with Gasteiger partial charge in [-0.2, -0.15) is 26.3 Å². The van der Waals surface area contributed by atoms with Gasteiger partial charge in [-0.25, -0.2) is 9.59 Å². The molecule has 0 radical (unpaired) electrons. The molecule has 0 amide bonds. The molecule has 0 heterocycles. The largest absolute Gasteiger partial charge is 0.457 e. The summed E-state index contributed by atoms with van der Waals surface area (Å²) in [6.45, 7) is 0.0738. The summed E-state index contributed by atoms with van der Waals surface area (Å²) >= 11 is 0. The Balaban J connectivity index is 2.72. The first-order valence-corrected chi connectivity index (χ1v) is 6.48. The third-order valence-electron chi connectivity index (χ3n) is 3.46. The molecule has 1 saturated carbocycles. The first-order valence-electron chi connectivity index (χ1n) is 6.48. The van der Waals surface area contributed by atoms with Crippen molar-refractivity contribution in [3.05, 3.63) is 0 Å². The van der Waals surface area contributed by atoms with Gasteiger partial charge in [0.2, 0.25) is 0 Å². The van der Waals surface area contributed by atoms with E-state index in [2.05, 4.69) is 4.74 Å². The fraction of sp³-hybridized carbons (Fsp3) is 0.833. The second-order valence-electron chi connectivity index (χ2n) is 5.41. The molecular formula is C12H14F6O5. The molecule has 1 N–H and O–H groups in total. The van der Waals surface area contributed by atoms with Crippen molar-refractivity contribution in [1.82, 2.24) is 0 Å². The summed E-state index contributed by atoms with van der Waals surface area (Å²) in [4.78, 5) is 22.5. The maximum absolute atomic E-state index is 12.4. The Labute approximate surface area is 126 Å². The summed E-state index contributed by atoms with van der Waals surface area (Å²) in [6, 6.07) is 0. The van der Waals surface area contributed by atoms with E-state index in [9.17, 15) is 35.9 Å². The monoisotopic (exact) mass is 352 g/mol. The number of hydrogen-bond donors (Lipinski definition) is 1. The molecule has 11 heteroatoms. The molecule has 0 aliphatic heterocycles. The first-order chi connectivity index (χ1) is 10.2. The lowest BCUT2D eigenvalue weighted by molar-refractivity contribution is -0.356. The fourth-order valence-electron chi connectivity index (χ4n) is 2.15. The highest BCUT2D eigenvalue weighted by Crippen LogP contribution is 2.43. The molecule has 0 aromatic carbocycles. The quantitative estimate of drug-likeness (QED) is 0.621. The highest BCUT2D eigenvalue weighted by molar-refractivity contribution is 5.84. The minimum Gasteiger partial charge on any atom is -0.457 e. The van der Waals surface area contributed by atoms with Gasteiger partial charge in [-0.3, -0.25) is 0 Å². The Hall–Kier alpha value is -1.52. The number of rotatable bonds is 4. The van der Waals surface area contributed by atoms with Crippen LogP contribution in [0.1, 0.15) is 32.6 Å². The van der Waals surface area contributed by atoms with Crippen LogP contribution in [0.4, 0.5) is 26.3 Å². The molecule has 23 heavy (non-hydrogen) atoms. The van der Waals surface area contributed by atoms with E-state index in [4.69, 9.17) is 9.84 Å². The van der Waals surface area contributed by atoms with Crippen molar-refractivity contribution >= 4 is 11.9 Å². The Morgan fingerprint density at radius 2 is 1.48 bits per heavy atom. The van der Waals surface area contributed by atoms with Crippen LogP contribution in [0.3, 0.4) is 0 Å². The number of aliphatic hydroxyl groups is 1. The van der Waals surface area contributed by atoms with Gasteiger partial charge in [0.15, 0.2) is 6.61 Å². The topological polar surface area (TPSA) is 72.8 Å². The predicted octanol–water partition coefficient (Wildman–Crippen LogP) is 2.26. The van der Waals surface area contributed by atoms with Crippen LogP contribution in [0.5, 0.6) is 0 Å². The van der Waals surface area contributed by atoms with Crippen LogP contribution in [0.15, 0.2) is 0 Å². The normalized spacial score (nSPS) is 18.6. The van der Waals surface area contributed by atoms with E-state index in [0.717, 1.165) is 12.8 Å². The van der Waals surface area contributed by atoms with Gasteiger partial charge in [-0.15, -0.1) is 0 Å². The van der Waals surface area contributed by atoms with Crippen molar-refractivity contribution in [2.24, 2.45) is 0 Å². The molecule has 1 rings (SSSR count). The van der Waals surface area contributed by atoms with E-state index < -0.39 is 42.1 Å². The minimum atomic E-state index is -6.36. The van der Waals surface area contributed by atoms with Crippen LogP contribution in [0, 0.1) is 0 Å². The summed E-state index contributed by atoms with van der Waals surface area (Å²) in [5.74, 6) is -4.33. The van der Waals surface area contributed by atoms with Crippen LogP contribution in [-0.4, -0.2) is 47.2 Å². The number of ether oxygens (including phenoxy) is 2. The third kappa shape index (κ3) is 4.06. The lowest BCUT2D eigenvalue weighted by atomic mass is 10.0. The Kier molecular flexibility index (Phi) is 5.24. The smallest absolute Gasteiger partial charge is 0.437 e. The number of alkyl halides is 6. The van der Waals surface area contributed by atoms with E-state index in [1.807, 2.05) is 0 Å². The zero-order valence-electron chi connectivity index (χ0n) is 11.9. The summed E-state index contributed by atoms with van der Waals surface area (Å²) in [5.41, 5.74) is -6.61. The molecule has 1 aliphatic rings. The van der Waals surface area contributed by atoms with E-state index in [1.54, 1.807) is 6.92 Å². The molecule has 0 unspecified atom stereocenters. The van der Waals surface area contributed by atoms with E-state index in [0.29, 0.717) is 12.8 Å². The molecular weight excluding hydrogens is 338 g/mol. The highest BCUT2D eigenvalue weighted by Gasteiger charge is 2.76. The van der Waals surface area contributed by atoms with Crippen LogP contribution < -0.4 is 0 Å². The number of carbonyl (C=O) groups excluding carboxylic acids is 2. The average Bonchev–Trinajstić information content (AvgIpc) is 2.78. The van der Waals surface area contributed by atoms with Gasteiger partial charge in [0.05, 0.1) is 0 Å². The minimum absolute atomic E-state index is 0.474. The maximum atomic E-state index is 12.4. The standard InChI is InChI=1S/C12H14F6O5/c1-9(4-2-3-5-9)23-7(19)6-22-8(20)10(21,11(13,14)15)12(16,17)18/h21H,2-6H2,1H3. The van der Waals surface area contributed by atoms with E-state index >= 15 is 0 Å². The van der Waals surface area contributed by atoms with Crippen LogP contribution in [0.25, 0.3) is 0 Å². The van der Waals surface area contributed by atoms with Crippen molar-refractivity contribution in [2.75, 3.05) is 6.61 Å². The van der Waals surface area contributed by atoms with Crippen molar-refractivity contribution in [3.63, 3.8) is 0 Å². The third-order valence-corrected chi connectivity index (χ3v) is 3.46. The number of esters is 2. The first kappa shape index (κ1) is 19.5. The second-order valence-corrected chi connectivity index (χ2v) is 5.41. The molecule has 1 fully saturated rings. The highest BCUT2D eigenvalue weighted by atomic mass is 19.4. The maximum Gasteiger partial charge on any atom is 0.437 e.